The lowest BCUT2D eigenvalue weighted by atomic mass is 10.1. The predicted octanol–water partition coefficient (Wildman–Crippen LogP) is 7.67. The molecule has 0 radical (unpaired) electrons. The van der Waals surface area contributed by atoms with Gasteiger partial charge in [0.1, 0.15) is 11.1 Å². The summed E-state index contributed by atoms with van der Waals surface area (Å²) in [5.74, 6) is -0.947. The first-order chi connectivity index (χ1) is 18.5. The van der Waals surface area contributed by atoms with Crippen LogP contribution in [0.15, 0.2) is 119 Å². The minimum atomic E-state index is -0.552. The van der Waals surface area contributed by atoms with E-state index in [1.165, 1.54) is 47.4 Å². The summed E-state index contributed by atoms with van der Waals surface area (Å²) in [6, 6.07) is 32.0. The molecule has 0 spiro atoms. The van der Waals surface area contributed by atoms with Gasteiger partial charge in [0, 0.05) is 27.1 Å². The van der Waals surface area contributed by atoms with Gasteiger partial charge in [-0.1, -0.05) is 66.7 Å². The number of thiazole rings is 1. The molecule has 0 aliphatic heterocycles. The molecule has 8 heteroatoms. The average Bonchev–Trinajstić information content (AvgIpc) is 3.41. The van der Waals surface area contributed by atoms with Crippen LogP contribution in [0.3, 0.4) is 0 Å². The quantitative estimate of drug-likeness (QED) is 0.199. The Balaban J connectivity index is 1.33. The van der Waals surface area contributed by atoms with Gasteiger partial charge in [0.05, 0.1) is 5.69 Å². The molecule has 5 rings (SSSR count). The van der Waals surface area contributed by atoms with Gasteiger partial charge >= 0.3 is 0 Å². The molecule has 1 unspecified atom stereocenters. The Morgan fingerprint density at radius 1 is 0.816 bits per heavy atom. The minimum absolute atomic E-state index is 0.198. The molecule has 0 fully saturated rings. The standard InChI is InChI=1S/C30H22FN3O2S2/c31-23-16-14-22(15-17-23)28(35)32-24-12-7-13-25(18-24)38-27(21-10-5-2-6-11-21)29(36)34-30-33-26(19-37-30)20-8-3-1-4-9-20/h1-19,27H,(H,32,35)(H,33,34,36). The van der Waals surface area contributed by atoms with E-state index >= 15 is 0 Å². The van der Waals surface area contributed by atoms with Crippen LogP contribution < -0.4 is 10.6 Å². The summed E-state index contributed by atoms with van der Waals surface area (Å²) in [4.78, 5) is 31.5. The summed E-state index contributed by atoms with van der Waals surface area (Å²) in [7, 11) is 0. The van der Waals surface area contributed by atoms with Gasteiger partial charge in [-0.05, 0) is 48.0 Å². The maximum absolute atomic E-state index is 13.5. The van der Waals surface area contributed by atoms with Crippen molar-refractivity contribution in [2.45, 2.75) is 10.1 Å². The third-order valence-electron chi connectivity index (χ3n) is 5.60. The van der Waals surface area contributed by atoms with E-state index in [0.29, 0.717) is 16.4 Å². The average molecular weight is 540 g/mol. The number of carbonyl (C=O) groups is 2. The summed E-state index contributed by atoms with van der Waals surface area (Å²) in [6.07, 6.45) is 0. The van der Waals surface area contributed by atoms with E-state index in [4.69, 9.17) is 0 Å². The highest BCUT2D eigenvalue weighted by Gasteiger charge is 2.23. The van der Waals surface area contributed by atoms with E-state index in [2.05, 4.69) is 15.6 Å². The number of amides is 2. The summed E-state index contributed by atoms with van der Waals surface area (Å²) in [5.41, 5.74) is 3.56. The number of nitrogens with zero attached hydrogens (tertiary/aromatic N) is 1. The second-order valence-electron chi connectivity index (χ2n) is 8.29. The van der Waals surface area contributed by atoms with Gasteiger partial charge in [0.2, 0.25) is 5.91 Å². The molecule has 5 aromatic rings. The first-order valence-corrected chi connectivity index (χ1v) is 13.5. The van der Waals surface area contributed by atoms with Crippen molar-refractivity contribution < 1.29 is 14.0 Å². The van der Waals surface area contributed by atoms with Crippen LogP contribution in [0.4, 0.5) is 15.2 Å². The van der Waals surface area contributed by atoms with Crippen molar-refractivity contribution in [3.63, 3.8) is 0 Å². The van der Waals surface area contributed by atoms with Gasteiger partial charge in [0.25, 0.3) is 5.91 Å². The van der Waals surface area contributed by atoms with Crippen molar-refractivity contribution in [1.29, 1.82) is 0 Å². The Hall–Kier alpha value is -4.27. The fourth-order valence-electron chi connectivity index (χ4n) is 3.73. The second-order valence-corrected chi connectivity index (χ2v) is 10.3. The van der Waals surface area contributed by atoms with Crippen LogP contribution in [0.25, 0.3) is 11.3 Å². The summed E-state index contributed by atoms with van der Waals surface area (Å²) in [5, 5.41) is 7.70. The Labute approximate surface area is 227 Å². The van der Waals surface area contributed by atoms with Gasteiger partial charge < -0.3 is 10.6 Å². The number of hydrogen-bond donors (Lipinski definition) is 2. The summed E-state index contributed by atoms with van der Waals surface area (Å²) >= 11 is 2.75. The van der Waals surface area contributed by atoms with Gasteiger partial charge in [-0.2, -0.15) is 0 Å². The number of thioether (sulfide) groups is 1. The van der Waals surface area contributed by atoms with Gasteiger partial charge in [-0.15, -0.1) is 23.1 Å². The lowest BCUT2D eigenvalue weighted by Crippen LogP contribution is -2.19. The van der Waals surface area contributed by atoms with Crippen LogP contribution in [-0.4, -0.2) is 16.8 Å². The number of nitrogens with one attached hydrogen (secondary N) is 2. The predicted molar refractivity (Wildman–Crippen MR) is 152 cm³/mol. The number of carbonyl (C=O) groups excluding carboxylic acids is 2. The maximum Gasteiger partial charge on any atom is 0.255 e. The number of aromatic nitrogens is 1. The molecule has 1 aromatic heterocycles. The number of halogens is 1. The van der Waals surface area contributed by atoms with E-state index in [0.717, 1.165) is 21.7 Å². The highest BCUT2D eigenvalue weighted by atomic mass is 32.2. The first-order valence-electron chi connectivity index (χ1n) is 11.8. The molecular formula is C30H22FN3O2S2. The molecule has 1 heterocycles. The minimum Gasteiger partial charge on any atom is -0.322 e. The number of hydrogen-bond acceptors (Lipinski definition) is 5. The van der Waals surface area contributed by atoms with Crippen molar-refractivity contribution in [3.8, 4) is 11.3 Å². The first kappa shape index (κ1) is 25.4. The Kier molecular flexibility index (Phi) is 7.92. The van der Waals surface area contributed by atoms with Crippen molar-refractivity contribution in [2.24, 2.45) is 0 Å². The van der Waals surface area contributed by atoms with Crippen LogP contribution in [0.2, 0.25) is 0 Å². The zero-order valence-electron chi connectivity index (χ0n) is 20.0. The van der Waals surface area contributed by atoms with Crippen LogP contribution in [-0.2, 0) is 4.79 Å². The number of rotatable bonds is 8. The van der Waals surface area contributed by atoms with E-state index in [1.54, 1.807) is 6.07 Å². The molecule has 188 valence electrons. The molecular weight excluding hydrogens is 517 g/mol. The van der Waals surface area contributed by atoms with Gasteiger partial charge in [-0.3, -0.25) is 9.59 Å². The molecule has 0 bridgehead atoms. The fourth-order valence-corrected chi connectivity index (χ4v) is 5.54. The molecule has 2 N–H and O–H groups in total. The van der Waals surface area contributed by atoms with E-state index < -0.39 is 11.1 Å². The van der Waals surface area contributed by atoms with Crippen LogP contribution in [0.5, 0.6) is 0 Å². The van der Waals surface area contributed by atoms with Crippen molar-refractivity contribution in [1.82, 2.24) is 4.98 Å². The molecule has 0 saturated carbocycles. The van der Waals surface area contributed by atoms with E-state index in [1.807, 2.05) is 84.2 Å². The topological polar surface area (TPSA) is 71.1 Å². The molecule has 4 aromatic carbocycles. The molecule has 0 aliphatic rings. The Morgan fingerprint density at radius 3 is 2.26 bits per heavy atom. The monoisotopic (exact) mass is 539 g/mol. The molecule has 2 amide bonds. The maximum atomic E-state index is 13.5. The zero-order valence-corrected chi connectivity index (χ0v) is 21.6. The van der Waals surface area contributed by atoms with E-state index in [9.17, 15) is 14.0 Å². The fraction of sp³-hybridized carbons (Fsp3) is 0.0333. The molecule has 38 heavy (non-hydrogen) atoms. The van der Waals surface area contributed by atoms with Crippen LogP contribution >= 0.6 is 23.1 Å². The molecule has 5 nitrogen and oxygen atoms in total. The highest BCUT2D eigenvalue weighted by Crippen LogP contribution is 2.37. The van der Waals surface area contributed by atoms with Crippen molar-refractivity contribution in [2.75, 3.05) is 10.6 Å². The molecule has 0 saturated heterocycles. The van der Waals surface area contributed by atoms with Crippen molar-refractivity contribution >= 4 is 45.7 Å². The summed E-state index contributed by atoms with van der Waals surface area (Å²) in [6.45, 7) is 0. The van der Waals surface area contributed by atoms with Gasteiger partial charge in [0.15, 0.2) is 5.13 Å². The summed E-state index contributed by atoms with van der Waals surface area (Å²) < 4.78 is 13.2. The SMILES string of the molecule is O=C(Nc1cccc(SC(C(=O)Nc2nc(-c3ccccc3)cs2)c2ccccc2)c1)c1ccc(F)cc1. The lowest BCUT2D eigenvalue weighted by molar-refractivity contribution is -0.115. The van der Waals surface area contributed by atoms with Crippen LogP contribution in [0, 0.1) is 5.82 Å². The Morgan fingerprint density at radius 2 is 1.53 bits per heavy atom. The van der Waals surface area contributed by atoms with Crippen molar-refractivity contribution in [3.05, 3.63) is 132 Å². The smallest absolute Gasteiger partial charge is 0.255 e. The lowest BCUT2D eigenvalue weighted by Gasteiger charge is -2.17. The Bertz CT molecular complexity index is 1540. The molecule has 0 aliphatic carbocycles. The third-order valence-corrected chi connectivity index (χ3v) is 7.60. The largest absolute Gasteiger partial charge is 0.322 e. The number of benzene rings is 4. The second kappa shape index (κ2) is 11.9. The third kappa shape index (κ3) is 6.34. The zero-order chi connectivity index (χ0) is 26.3. The van der Waals surface area contributed by atoms with E-state index in [-0.39, 0.29) is 11.8 Å². The molecule has 1 atom stereocenters. The highest BCUT2D eigenvalue weighted by molar-refractivity contribution is 8.00. The normalized spacial score (nSPS) is 11.5. The van der Waals surface area contributed by atoms with Gasteiger partial charge in [-0.25, -0.2) is 9.37 Å². The van der Waals surface area contributed by atoms with Crippen LogP contribution in [0.1, 0.15) is 21.2 Å². The number of anilines is 2.